The third kappa shape index (κ3) is 3.85. The van der Waals surface area contributed by atoms with Crippen molar-refractivity contribution in [2.24, 2.45) is 0 Å². The summed E-state index contributed by atoms with van der Waals surface area (Å²) in [4.78, 5) is 1.44. The standard InChI is InChI=1S/C18H19F2NOS/c1-22-14-3-5-18(16(20)11-14)23-17-4-2-13(19)10-15(17)12-6-8-21-9-7-12/h2-5,10-12,21H,6-9H2,1H3. The van der Waals surface area contributed by atoms with Gasteiger partial charge in [0.05, 0.1) is 7.11 Å². The second-order valence-corrected chi connectivity index (χ2v) is 6.69. The molecular formula is C18H19F2NOS. The summed E-state index contributed by atoms with van der Waals surface area (Å²) in [7, 11) is 1.51. The molecule has 0 unspecified atom stereocenters. The average Bonchev–Trinajstić information content (AvgIpc) is 2.58. The number of hydrogen-bond donors (Lipinski definition) is 1. The van der Waals surface area contributed by atoms with Crippen LogP contribution in [0.2, 0.25) is 0 Å². The van der Waals surface area contributed by atoms with Gasteiger partial charge in [-0.05, 0) is 67.7 Å². The molecule has 0 amide bonds. The van der Waals surface area contributed by atoms with Crippen LogP contribution in [0.25, 0.3) is 0 Å². The van der Waals surface area contributed by atoms with E-state index in [0.29, 0.717) is 16.6 Å². The lowest BCUT2D eigenvalue weighted by Gasteiger charge is -2.25. The molecule has 1 N–H and O–H groups in total. The lowest BCUT2D eigenvalue weighted by Crippen LogP contribution is -2.26. The van der Waals surface area contributed by atoms with Gasteiger partial charge in [0.2, 0.25) is 0 Å². The Labute approximate surface area is 139 Å². The van der Waals surface area contributed by atoms with E-state index in [2.05, 4.69) is 5.32 Å². The summed E-state index contributed by atoms with van der Waals surface area (Å²) in [6.45, 7) is 1.87. The van der Waals surface area contributed by atoms with Crippen LogP contribution in [0, 0.1) is 11.6 Å². The van der Waals surface area contributed by atoms with Gasteiger partial charge in [-0.3, -0.25) is 0 Å². The third-order valence-electron chi connectivity index (χ3n) is 4.11. The van der Waals surface area contributed by atoms with Crippen LogP contribution in [0.3, 0.4) is 0 Å². The van der Waals surface area contributed by atoms with E-state index in [4.69, 9.17) is 4.74 Å². The van der Waals surface area contributed by atoms with Crippen LogP contribution in [0.15, 0.2) is 46.2 Å². The second-order valence-electron chi connectivity index (χ2n) is 5.60. The fourth-order valence-corrected chi connectivity index (χ4v) is 3.88. The first-order chi connectivity index (χ1) is 11.2. The van der Waals surface area contributed by atoms with Gasteiger partial charge in [0.15, 0.2) is 0 Å². The van der Waals surface area contributed by atoms with Crippen LogP contribution in [0.5, 0.6) is 5.75 Å². The highest BCUT2D eigenvalue weighted by Crippen LogP contribution is 2.39. The van der Waals surface area contributed by atoms with E-state index >= 15 is 0 Å². The Kier molecular flexibility index (Phi) is 5.18. The number of piperidine rings is 1. The summed E-state index contributed by atoms with van der Waals surface area (Å²) in [5, 5.41) is 3.32. The molecule has 5 heteroatoms. The molecule has 1 aliphatic heterocycles. The van der Waals surface area contributed by atoms with Gasteiger partial charge in [0.1, 0.15) is 17.4 Å². The highest BCUT2D eigenvalue weighted by atomic mass is 32.2. The number of ether oxygens (including phenoxy) is 1. The predicted molar refractivity (Wildman–Crippen MR) is 88.3 cm³/mol. The molecule has 122 valence electrons. The van der Waals surface area contributed by atoms with E-state index in [1.54, 1.807) is 24.3 Å². The fraction of sp³-hybridized carbons (Fsp3) is 0.333. The van der Waals surface area contributed by atoms with Gasteiger partial charge < -0.3 is 10.1 Å². The minimum atomic E-state index is -0.324. The van der Waals surface area contributed by atoms with Crippen molar-refractivity contribution in [3.8, 4) is 5.75 Å². The van der Waals surface area contributed by atoms with Gasteiger partial charge >= 0.3 is 0 Å². The SMILES string of the molecule is COc1ccc(Sc2ccc(F)cc2C2CCNCC2)c(F)c1. The number of methoxy groups -OCH3 is 1. The molecule has 23 heavy (non-hydrogen) atoms. The van der Waals surface area contributed by atoms with E-state index < -0.39 is 0 Å². The molecule has 2 nitrogen and oxygen atoms in total. The third-order valence-corrected chi connectivity index (χ3v) is 5.25. The maximum atomic E-state index is 14.2. The molecular weight excluding hydrogens is 316 g/mol. The maximum absolute atomic E-state index is 14.2. The van der Waals surface area contributed by atoms with Crippen LogP contribution in [0.4, 0.5) is 8.78 Å². The molecule has 1 heterocycles. The summed E-state index contributed by atoms with van der Waals surface area (Å²) in [6.07, 6.45) is 1.95. The Morgan fingerprint density at radius 1 is 1.04 bits per heavy atom. The molecule has 0 spiro atoms. The van der Waals surface area contributed by atoms with Crippen molar-refractivity contribution >= 4 is 11.8 Å². The summed E-state index contributed by atoms with van der Waals surface area (Å²) in [5.74, 6) is 0.244. The Morgan fingerprint density at radius 2 is 1.78 bits per heavy atom. The second kappa shape index (κ2) is 7.32. The van der Waals surface area contributed by atoms with Gasteiger partial charge in [-0.2, -0.15) is 0 Å². The number of rotatable bonds is 4. The van der Waals surface area contributed by atoms with E-state index in [1.807, 2.05) is 0 Å². The number of halogens is 2. The molecule has 1 fully saturated rings. The zero-order chi connectivity index (χ0) is 16.2. The van der Waals surface area contributed by atoms with Crippen LogP contribution in [-0.4, -0.2) is 20.2 Å². The van der Waals surface area contributed by atoms with Crippen molar-refractivity contribution in [2.75, 3.05) is 20.2 Å². The molecule has 2 aromatic carbocycles. The highest BCUT2D eigenvalue weighted by Gasteiger charge is 2.20. The lowest BCUT2D eigenvalue weighted by molar-refractivity contribution is 0.410. The lowest BCUT2D eigenvalue weighted by atomic mass is 9.90. The smallest absolute Gasteiger partial charge is 0.140 e. The molecule has 0 aliphatic carbocycles. The van der Waals surface area contributed by atoms with Crippen molar-refractivity contribution in [2.45, 2.75) is 28.6 Å². The number of nitrogens with one attached hydrogen (secondary N) is 1. The van der Waals surface area contributed by atoms with E-state index in [1.165, 1.54) is 31.0 Å². The zero-order valence-electron chi connectivity index (χ0n) is 12.9. The Balaban J connectivity index is 1.90. The fourth-order valence-electron chi connectivity index (χ4n) is 2.87. The summed E-state index contributed by atoms with van der Waals surface area (Å²) in [6, 6.07) is 9.60. The Morgan fingerprint density at radius 3 is 2.48 bits per heavy atom. The Bertz CT molecular complexity index is 687. The topological polar surface area (TPSA) is 21.3 Å². The molecule has 0 aromatic heterocycles. The number of benzene rings is 2. The van der Waals surface area contributed by atoms with Crippen molar-refractivity contribution < 1.29 is 13.5 Å². The highest BCUT2D eigenvalue weighted by molar-refractivity contribution is 7.99. The van der Waals surface area contributed by atoms with Crippen LogP contribution in [-0.2, 0) is 0 Å². The van der Waals surface area contributed by atoms with Crippen molar-refractivity contribution in [3.63, 3.8) is 0 Å². The molecule has 0 saturated carbocycles. The molecule has 1 saturated heterocycles. The van der Waals surface area contributed by atoms with Crippen LogP contribution in [0.1, 0.15) is 24.3 Å². The van der Waals surface area contributed by atoms with Crippen molar-refractivity contribution in [1.29, 1.82) is 0 Å². The van der Waals surface area contributed by atoms with Crippen molar-refractivity contribution in [1.82, 2.24) is 5.32 Å². The molecule has 0 atom stereocenters. The van der Waals surface area contributed by atoms with E-state index in [-0.39, 0.29) is 11.6 Å². The zero-order valence-corrected chi connectivity index (χ0v) is 13.8. The molecule has 0 radical (unpaired) electrons. The largest absolute Gasteiger partial charge is 0.497 e. The Hall–Kier alpha value is -1.59. The number of hydrogen-bond acceptors (Lipinski definition) is 3. The summed E-state index contributed by atoms with van der Waals surface area (Å²) in [5.41, 5.74) is 0.978. The van der Waals surface area contributed by atoms with E-state index in [9.17, 15) is 8.78 Å². The summed E-state index contributed by atoms with van der Waals surface area (Å²) < 4.78 is 32.9. The van der Waals surface area contributed by atoms with Gasteiger partial charge in [0.25, 0.3) is 0 Å². The normalized spacial score (nSPS) is 15.6. The van der Waals surface area contributed by atoms with E-state index in [0.717, 1.165) is 36.4 Å². The quantitative estimate of drug-likeness (QED) is 0.883. The first-order valence-corrected chi connectivity index (χ1v) is 8.50. The first-order valence-electron chi connectivity index (χ1n) is 7.69. The van der Waals surface area contributed by atoms with Crippen LogP contribution >= 0.6 is 11.8 Å². The first kappa shape index (κ1) is 16.3. The van der Waals surface area contributed by atoms with Gasteiger partial charge in [-0.25, -0.2) is 8.78 Å². The van der Waals surface area contributed by atoms with Crippen molar-refractivity contribution in [3.05, 3.63) is 53.6 Å². The minimum absolute atomic E-state index is 0.238. The van der Waals surface area contributed by atoms with Gasteiger partial charge in [-0.1, -0.05) is 11.8 Å². The van der Waals surface area contributed by atoms with Gasteiger partial charge in [0, 0.05) is 15.9 Å². The van der Waals surface area contributed by atoms with Gasteiger partial charge in [-0.15, -0.1) is 0 Å². The molecule has 2 aromatic rings. The summed E-state index contributed by atoms with van der Waals surface area (Å²) >= 11 is 1.34. The monoisotopic (exact) mass is 335 g/mol. The minimum Gasteiger partial charge on any atom is -0.497 e. The molecule has 3 rings (SSSR count). The van der Waals surface area contributed by atoms with Crippen LogP contribution < -0.4 is 10.1 Å². The average molecular weight is 335 g/mol. The molecule has 0 bridgehead atoms. The molecule has 1 aliphatic rings. The predicted octanol–water partition coefficient (Wildman–Crippen LogP) is 4.59. The maximum Gasteiger partial charge on any atom is 0.140 e.